The van der Waals surface area contributed by atoms with E-state index >= 15 is 0 Å². The van der Waals surface area contributed by atoms with Gasteiger partial charge in [-0.2, -0.15) is 5.10 Å². The number of aromatic hydroxyl groups is 1. The molecular formula is C21H32ClN3O3. The molecule has 0 spiro atoms. The Kier molecular flexibility index (Phi) is 12.8. The molecule has 0 fully saturated rings. The highest BCUT2D eigenvalue weighted by Gasteiger charge is 2.05. The van der Waals surface area contributed by atoms with Crippen LogP contribution in [0.4, 0.5) is 0 Å². The molecule has 0 radical (unpaired) electrons. The van der Waals surface area contributed by atoms with Gasteiger partial charge in [0.2, 0.25) is 5.91 Å². The van der Waals surface area contributed by atoms with Crippen LogP contribution in [-0.4, -0.2) is 29.7 Å². The Balaban J connectivity index is 2.07. The van der Waals surface area contributed by atoms with Gasteiger partial charge in [-0.25, -0.2) is 5.43 Å². The van der Waals surface area contributed by atoms with Crippen LogP contribution < -0.4 is 10.7 Å². The van der Waals surface area contributed by atoms with Crippen LogP contribution >= 0.6 is 11.6 Å². The number of amides is 2. The SMILES string of the molecule is CCCCCCCCCCCC(=O)NCC(=O)N/N=C\c1cc(Cl)ccc1O. The van der Waals surface area contributed by atoms with E-state index in [9.17, 15) is 14.7 Å². The Bertz CT molecular complexity index is 635. The second kappa shape index (κ2) is 14.9. The number of benzene rings is 1. The minimum atomic E-state index is -0.432. The number of unbranched alkanes of at least 4 members (excludes halogenated alkanes) is 8. The number of halogens is 1. The molecule has 0 aliphatic heterocycles. The highest BCUT2D eigenvalue weighted by Crippen LogP contribution is 2.19. The lowest BCUT2D eigenvalue weighted by molar-refractivity contribution is -0.126. The van der Waals surface area contributed by atoms with E-state index in [1.165, 1.54) is 56.9 Å². The number of carbonyl (C=O) groups is 2. The van der Waals surface area contributed by atoms with Crippen molar-refractivity contribution in [3.63, 3.8) is 0 Å². The minimum Gasteiger partial charge on any atom is -0.507 e. The van der Waals surface area contributed by atoms with Gasteiger partial charge in [-0.05, 0) is 24.6 Å². The van der Waals surface area contributed by atoms with Crippen LogP contribution in [0.15, 0.2) is 23.3 Å². The molecule has 28 heavy (non-hydrogen) atoms. The molecule has 1 aromatic carbocycles. The number of rotatable bonds is 14. The number of phenolic OH excluding ortho intramolecular Hbond substituents is 1. The van der Waals surface area contributed by atoms with Gasteiger partial charge in [0.05, 0.1) is 12.8 Å². The van der Waals surface area contributed by atoms with Crippen molar-refractivity contribution in [1.82, 2.24) is 10.7 Å². The zero-order valence-electron chi connectivity index (χ0n) is 16.7. The van der Waals surface area contributed by atoms with Gasteiger partial charge < -0.3 is 10.4 Å². The monoisotopic (exact) mass is 409 g/mol. The van der Waals surface area contributed by atoms with Crippen LogP contribution in [0.2, 0.25) is 5.02 Å². The van der Waals surface area contributed by atoms with E-state index in [1.54, 1.807) is 6.07 Å². The molecule has 0 atom stereocenters. The Labute approximate surface area is 172 Å². The smallest absolute Gasteiger partial charge is 0.259 e. The quantitative estimate of drug-likeness (QED) is 0.239. The molecule has 7 heteroatoms. The van der Waals surface area contributed by atoms with Crippen molar-refractivity contribution < 1.29 is 14.7 Å². The standard InChI is InChI=1S/C21H32ClN3O3/c1-2-3-4-5-6-7-8-9-10-11-20(27)23-16-21(28)25-24-15-17-14-18(22)12-13-19(17)26/h12-15,26H,2-11,16H2,1H3,(H,23,27)(H,25,28)/b24-15-. The number of hydrogen-bond donors (Lipinski definition) is 3. The number of phenols is 1. The highest BCUT2D eigenvalue weighted by atomic mass is 35.5. The van der Waals surface area contributed by atoms with Crippen molar-refractivity contribution in [2.75, 3.05) is 6.54 Å². The lowest BCUT2D eigenvalue weighted by atomic mass is 10.1. The van der Waals surface area contributed by atoms with Crippen LogP contribution in [0.5, 0.6) is 5.75 Å². The average Bonchev–Trinajstić information content (AvgIpc) is 2.67. The number of nitrogens with zero attached hydrogens (tertiary/aromatic N) is 1. The molecule has 0 aliphatic rings. The van der Waals surface area contributed by atoms with Crippen molar-refractivity contribution >= 4 is 29.6 Å². The van der Waals surface area contributed by atoms with Crippen LogP contribution in [0.25, 0.3) is 0 Å². The van der Waals surface area contributed by atoms with Gasteiger partial charge in [-0.3, -0.25) is 9.59 Å². The second-order valence-corrected chi connectivity index (χ2v) is 7.29. The number of nitrogens with one attached hydrogen (secondary N) is 2. The highest BCUT2D eigenvalue weighted by molar-refractivity contribution is 6.30. The maximum atomic E-state index is 11.8. The van der Waals surface area contributed by atoms with Gasteiger partial charge in [0.15, 0.2) is 0 Å². The van der Waals surface area contributed by atoms with E-state index in [-0.39, 0.29) is 18.2 Å². The predicted octanol–water partition coefficient (Wildman–Crippen LogP) is 4.53. The summed E-state index contributed by atoms with van der Waals surface area (Å²) < 4.78 is 0. The molecule has 0 saturated carbocycles. The van der Waals surface area contributed by atoms with Crippen molar-refractivity contribution in [1.29, 1.82) is 0 Å². The van der Waals surface area contributed by atoms with Crippen LogP contribution in [0.3, 0.4) is 0 Å². The summed E-state index contributed by atoms with van der Waals surface area (Å²) in [6.45, 7) is 2.09. The first-order valence-corrected chi connectivity index (χ1v) is 10.5. The van der Waals surface area contributed by atoms with Gasteiger partial charge in [-0.15, -0.1) is 0 Å². The van der Waals surface area contributed by atoms with Crippen molar-refractivity contribution in [2.24, 2.45) is 5.10 Å². The summed E-state index contributed by atoms with van der Waals surface area (Å²) in [7, 11) is 0. The predicted molar refractivity (Wildman–Crippen MR) is 114 cm³/mol. The van der Waals surface area contributed by atoms with E-state index in [1.807, 2.05) is 0 Å². The molecule has 1 rings (SSSR count). The Morgan fingerprint density at radius 2 is 1.68 bits per heavy atom. The van der Waals surface area contributed by atoms with Crippen molar-refractivity contribution in [2.45, 2.75) is 71.1 Å². The van der Waals surface area contributed by atoms with Gasteiger partial charge in [0, 0.05) is 17.0 Å². The van der Waals surface area contributed by atoms with E-state index in [4.69, 9.17) is 11.6 Å². The fourth-order valence-electron chi connectivity index (χ4n) is 2.71. The molecule has 0 heterocycles. The summed E-state index contributed by atoms with van der Waals surface area (Å²) in [5.74, 6) is -0.551. The van der Waals surface area contributed by atoms with E-state index in [0.29, 0.717) is 17.0 Å². The zero-order valence-corrected chi connectivity index (χ0v) is 17.4. The van der Waals surface area contributed by atoms with Gasteiger partial charge >= 0.3 is 0 Å². The molecule has 3 N–H and O–H groups in total. The topological polar surface area (TPSA) is 90.8 Å². The third-order valence-electron chi connectivity index (χ3n) is 4.34. The van der Waals surface area contributed by atoms with Crippen LogP contribution in [0.1, 0.15) is 76.7 Å². The van der Waals surface area contributed by atoms with Crippen molar-refractivity contribution in [3.8, 4) is 5.75 Å². The third kappa shape index (κ3) is 11.6. The molecular weight excluding hydrogens is 378 g/mol. The van der Waals surface area contributed by atoms with E-state index in [2.05, 4.69) is 22.8 Å². The molecule has 0 saturated heterocycles. The lowest BCUT2D eigenvalue weighted by Gasteiger charge is -2.05. The maximum Gasteiger partial charge on any atom is 0.259 e. The summed E-state index contributed by atoms with van der Waals surface area (Å²) >= 11 is 5.83. The number of hydrazone groups is 1. The molecule has 2 amide bonds. The normalized spacial score (nSPS) is 10.9. The minimum absolute atomic E-state index is 0.0108. The maximum absolute atomic E-state index is 11.8. The Hall–Kier alpha value is -2.08. The summed E-state index contributed by atoms with van der Waals surface area (Å²) in [6, 6.07) is 4.52. The fourth-order valence-corrected chi connectivity index (χ4v) is 2.89. The van der Waals surface area contributed by atoms with Gasteiger partial charge in [0.1, 0.15) is 5.75 Å². The number of carbonyl (C=O) groups excluding carboxylic acids is 2. The lowest BCUT2D eigenvalue weighted by Crippen LogP contribution is -2.34. The molecule has 6 nitrogen and oxygen atoms in total. The first kappa shape index (κ1) is 24.0. The zero-order chi connectivity index (χ0) is 20.6. The van der Waals surface area contributed by atoms with E-state index < -0.39 is 5.91 Å². The largest absolute Gasteiger partial charge is 0.507 e. The Morgan fingerprint density at radius 1 is 1.04 bits per heavy atom. The van der Waals surface area contributed by atoms with Crippen LogP contribution in [0, 0.1) is 0 Å². The van der Waals surface area contributed by atoms with E-state index in [0.717, 1.165) is 19.3 Å². The van der Waals surface area contributed by atoms with Gasteiger partial charge in [-0.1, -0.05) is 69.9 Å². The summed E-state index contributed by atoms with van der Waals surface area (Å²) in [6.07, 6.45) is 12.5. The average molecular weight is 410 g/mol. The summed E-state index contributed by atoms with van der Waals surface area (Å²) in [5.41, 5.74) is 2.69. The molecule has 156 valence electrons. The summed E-state index contributed by atoms with van der Waals surface area (Å²) in [5, 5.41) is 16.4. The number of hydrogen-bond acceptors (Lipinski definition) is 4. The molecule has 0 aromatic heterocycles. The van der Waals surface area contributed by atoms with Gasteiger partial charge in [0.25, 0.3) is 5.91 Å². The molecule has 0 bridgehead atoms. The fraction of sp³-hybridized carbons (Fsp3) is 0.571. The Morgan fingerprint density at radius 3 is 2.36 bits per heavy atom. The van der Waals surface area contributed by atoms with Crippen LogP contribution in [-0.2, 0) is 9.59 Å². The van der Waals surface area contributed by atoms with Crippen molar-refractivity contribution in [3.05, 3.63) is 28.8 Å². The molecule has 1 aromatic rings. The first-order valence-electron chi connectivity index (χ1n) is 10.1. The first-order chi connectivity index (χ1) is 13.5. The second-order valence-electron chi connectivity index (χ2n) is 6.85. The molecule has 0 aliphatic carbocycles. The summed E-state index contributed by atoms with van der Waals surface area (Å²) in [4.78, 5) is 23.4. The molecule has 0 unspecified atom stereocenters. The third-order valence-corrected chi connectivity index (χ3v) is 4.57.